The third kappa shape index (κ3) is 8.69. The molecule has 1 saturated heterocycles. The first kappa shape index (κ1) is 33.5. The van der Waals surface area contributed by atoms with Gasteiger partial charge in [-0.25, -0.2) is 24.0 Å². The number of hydrogen-bond acceptors (Lipinski definition) is 11. The molecule has 0 amide bonds. The Morgan fingerprint density at radius 2 is 0.896 bits per heavy atom. The lowest BCUT2D eigenvalue weighted by atomic mass is 9.97. The number of benzene rings is 4. The molecular weight excluding hydrogens is 624 g/mol. The Morgan fingerprint density at radius 3 is 1.31 bits per heavy atom. The van der Waals surface area contributed by atoms with Gasteiger partial charge in [0.1, 0.15) is 19.3 Å². The molecule has 0 spiro atoms. The van der Waals surface area contributed by atoms with Gasteiger partial charge in [0.05, 0.1) is 22.3 Å². The van der Waals surface area contributed by atoms with Crippen LogP contribution in [0.15, 0.2) is 121 Å². The molecule has 1 N–H and O–H groups in total. The molecule has 1 aliphatic heterocycles. The summed E-state index contributed by atoms with van der Waals surface area (Å²) in [6, 6.07) is 31.6. The molecule has 48 heavy (non-hydrogen) atoms. The predicted molar refractivity (Wildman–Crippen MR) is 166 cm³/mol. The van der Waals surface area contributed by atoms with Crippen LogP contribution >= 0.6 is 0 Å². The lowest BCUT2D eigenvalue weighted by Gasteiger charge is -2.44. The fourth-order valence-electron chi connectivity index (χ4n) is 4.81. The van der Waals surface area contributed by atoms with Crippen LogP contribution in [0, 0.1) is 0 Å². The largest absolute Gasteiger partial charge is 0.480 e. The highest BCUT2D eigenvalue weighted by atomic mass is 16.7. The van der Waals surface area contributed by atoms with E-state index in [0.29, 0.717) is 0 Å². The van der Waals surface area contributed by atoms with Crippen molar-refractivity contribution in [2.45, 2.75) is 30.7 Å². The first-order valence-corrected chi connectivity index (χ1v) is 14.8. The van der Waals surface area contributed by atoms with E-state index in [1.165, 1.54) is 48.5 Å². The molecule has 0 aliphatic carbocycles. The van der Waals surface area contributed by atoms with Crippen molar-refractivity contribution >= 4 is 29.8 Å². The second-order valence-electron chi connectivity index (χ2n) is 10.4. The van der Waals surface area contributed by atoms with E-state index in [0.717, 1.165) is 0 Å². The highest BCUT2D eigenvalue weighted by Gasteiger charge is 2.53. The van der Waals surface area contributed by atoms with E-state index in [1.54, 1.807) is 72.8 Å². The topological polar surface area (TPSA) is 161 Å². The average molecular weight is 655 g/mol. The number of hydrogen-bond donors (Lipinski definition) is 1. The summed E-state index contributed by atoms with van der Waals surface area (Å²) in [6.07, 6.45) is -7.96. The van der Waals surface area contributed by atoms with Crippen LogP contribution in [0.5, 0.6) is 0 Å². The third-order valence-electron chi connectivity index (χ3n) is 7.11. The second-order valence-corrected chi connectivity index (χ2v) is 10.4. The highest BCUT2D eigenvalue weighted by molar-refractivity contribution is 5.91. The quantitative estimate of drug-likeness (QED) is 0.170. The van der Waals surface area contributed by atoms with Crippen LogP contribution in [0.4, 0.5) is 0 Å². The van der Waals surface area contributed by atoms with E-state index in [1.807, 2.05) is 0 Å². The van der Waals surface area contributed by atoms with Gasteiger partial charge in [-0.2, -0.15) is 0 Å². The molecule has 5 atom stereocenters. The van der Waals surface area contributed by atoms with Gasteiger partial charge in [0.25, 0.3) is 0 Å². The molecule has 0 radical (unpaired) electrons. The summed E-state index contributed by atoms with van der Waals surface area (Å²) in [5.41, 5.74) is 0.568. The number of carbonyl (C=O) groups excluding carboxylic acids is 4. The maximum absolute atomic E-state index is 13.5. The monoisotopic (exact) mass is 654 g/mol. The molecule has 12 heteroatoms. The molecule has 0 aromatic heterocycles. The number of ether oxygens (including phenoxy) is 6. The van der Waals surface area contributed by atoms with Gasteiger partial charge in [-0.15, -0.1) is 0 Å². The van der Waals surface area contributed by atoms with E-state index < -0.39 is 73.8 Å². The molecule has 1 heterocycles. The zero-order valence-electron chi connectivity index (χ0n) is 25.3. The molecule has 4 aromatic carbocycles. The Bertz CT molecular complexity index is 1700. The Hall–Kier alpha value is -5.85. The van der Waals surface area contributed by atoms with Gasteiger partial charge in [-0.05, 0) is 48.5 Å². The van der Waals surface area contributed by atoms with Crippen LogP contribution < -0.4 is 0 Å². The molecule has 1 unspecified atom stereocenters. The molecule has 246 valence electrons. The predicted octanol–water partition coefficient (Wildman–Crippen LogP) is 4.35. The molecule has 12 nitrogen and oxygen atoms in total. The number of esters is 4. The van der Waals surface area contributed by atoms with Crippen LogP contribution in [0.25, 0.3) is 0 Å². The SMILES string of the molecule is O=C(O)COC1O[C@H](COC(=O)c2ccccc2)[C@@H](OC(=O)c2ccccc2)[C@H](OC(=O)c2ccccc2)[C@@H]1OC(=O)c1ccccc1. The van der Waals surface area contributed by atoms with Gasteiger partial charge >= 0.3 is 29.8 Å². The van der Waals surface area contributed by atoms with Gasteiger partial charge in [0, 0.05) is 0 Å². The molecular formula is C36H30O12. The number of carboxylic acid groups (broad SMARTS) is 1. The molecule has 1 fully saturated rings. The number of carboxylic acids is 1. The van der Waals surface area contributed by atoms with Crippen LogP contribution in [0.3, 0.4) is 0 Å². The highest BCUT2D eigenvalue weighted by Crippen LogP contribution is 2.31. The maximum atomic E-state index is 13.5. The summed E-state index contributed by atoms with van der Waals surface area (Å²) < 4.78 is 34.6. The van der Waals surface area contributed by atoms with Crippen molar-refractivity contribution in [3.8, 4) is 0 Å². The standard InChI is InChI=1S/C36H30O12/c37-28(38)22-44-36-31(48-35(42)26-19-11-4-12-20-26)30(47-34(41)25-17-9-3-10-18-25)29(46-33(40)24-15-7-2-8-16-24)27(45-36)21-43-32(39)23-13-5-1-6-14-23/h1-20,27,29-31,36H,21-22H2,(H,37,38)/t27-,29-,30+,31+,36?/m1/s1. The van der Waals surface area contributed by atoms with Crippen molar-refractivity contribution in [2.24, 2.45) is 0 Å². The van der Waals surface area contributed by atoms with Gasteiger partial charge < -0.3 is 33.5 Å². The third-order valence-corrected chi connectivity index (χ3v) is 7.11. The summed E-state index contributed by atoms with van der Waals surface area (Å²) >= 11 is 0. The molecule has 4 aromatic rings. The fourth-order valence-corrected chi connectivity index (χ4v) is 4.81. The Labute approximate surface area is 274 Å². The number of aliphatic carboxylic acids is 1. The van der Waals surface area contributed by atoms with Crippen LogP contribution in [0.2, 0.25) is 0 Å². The van der Waals surface area contributed by atoms with Crippen molar-refractivity contribution < 1.29 is 57.5 Å². The summed E-state index contributed by atoms with van der Waals surface area (Å²) in [5, 5.41) is 9.40. The zero-order valence-corrected chi connectivity index (χ0v) is 25.3. The normalized spacial score (nSPS) is 20.1. The minimum atomic E-state index is -1.69. The van der Waals surface area contributed by atoms with Gasteiger partial charge in [-0.3, -0.25) is 0 Å². The lowest BCUT2D eigenvalue weighted by Crippen LogP contribution is -2.63. The average Bonchev–Trinajstić information content (AvgIpc) is 3.13. The summed E-state index contributed by atoms with van der Waals surface area (Å²) in [4.78, 5) is 64.7. The molecule has 1 aliphatic rings. The van der Waals surface area contributed by atoms with E-state index in [2.05, 4.69) is 0 Å². The molecule has 0 saturated carbocycles. The summed E-state index contributed by atoms with van der Waals surface area (Å²) in [6.45, 7) is -1.47. The molecule has 5 rings (SSSR count). The summed E-state index contributed by atoms with van der Waals surface area (Å²) in [5.74, 6) is -4.76. The Balaban J connectivity index is 1.54. The first-order valence-electron chi connectivity index (χ1n) is 14.8. The smallest absolute Gasteiger partial charge is 0.338 e. The van der Waals surface area contributed by atoms with E-state index in [9.17, 15) is 29.1 Å². The van der Waals surface area contributed by atoms with Gasteiger partial charge in [0.15, 0.2) is 24.6 Å². The van der Waals surface area contributed by atoms with E-state index in [4.69, 9.17) is 28.4 Å². The first-order chi connectivity index (χ1) is 23.3. The minimum Gasteiger partial charge on any atom is -0.480 e. The zero-order chi connectivity index (χ0) is 33.9. The molecule has 0 bridgehead atoms. The van der Waals surface area contributed by atoms with Crippen LogP contribution in [-0.2, 0) is 33.2 Å². The fraction of sp³-hybridized carbons (Fsp3) is 0.194. The maximum Gasteiger partial charge on any atom is 0.338 e. The van der Waals surface area contributed by atoms with E-state index >= 15 is 0 Å². The van der Waals surface area contributed by atoms with Crippen molar-refractivity contribution in [1.82, 2.24) is 0 Å². The van der Waals surface area contributed by atoms with Crippen LogP contribution in [-0.4, -0.2) is 78.9 Å². The van der Waals surface area contributed by atoms with Crippen molar-refractivity contribution in [3.63, 3.8) is 0 Å². The van der Waals surface area contributed by atoms with Crippen LogP contribution in [0.1, 0.15) is 41.4 Å². The van der Waals surface area contributed by atoms with Gasteiger partial charge in [0.2, 0.25) is 0 Å². The number of rotatable bonds is 12. The van der Waals surface area contributed by atoms with Crippen molar-refractivity contribution in [2.75, 3.05) is 13.2 Å². The van der Waals surface area contributed by atoms with E-state index in [-0.39, 0.29) is 22.3 Å². The Kier molecular flexibility index (Phi) is 11.3. The lowest BCUT2D eigenvalue weighted by molar-refractivity contribution is -0.297. The Morgan fingerprint density at radius 1 is 0.521 bits per heavy atom. The summed E-state index contributed by atoms with van der Waals surface area (Å²) in [7, 11) is 0. The van der Waals surface area contributed by atoms with Crippen molar-refractivity contribution in [3.05, 3.63) is 144 Å². The van der Waals surface area contributed by atoms with Crippen molar-refractivity contribution in [1.29, 1.82) is 0 Å². The second kappa shape index (κ2) is 16.1. The van der Waals surface area contributed by atoms with Gasteiger partial charge in [-0.1, -0.05) is 72.8 Å². The minimum absolute atomic E-state index is 0.111. The number of carbonyl (C=O) groups is 5.